The molecule has 0 spiro atoms. The van der Waals surface area contributed by atoms with Gasteiger partial charge in [-0.05, 0) is 37.1 Å². The summed E-state index contributed by atoms with van der Waals surface area (Å²) in [5.74, 6) is 0.924. The number of hydrogen-bond acceptors (Lipinski definition) is 3. The molecule has 1 N–H and O–H groups in total. The third-order valence-electron chi connectivity index (χ3n) is 2.43. The van der Waals surface area contributed by atoms with Crippen LogP contribution in [0.1, 0.15) is 24.0 Å². The number of rotatable bonds is 6. The molecule has 0 unspecified atom stereocenters. The van der Waals surface area contributed by atoms with E-state index in [-0.39, 0.29) is 0 Å². The Labute approximate surface area is 97.0 Å². The lowest BCUT2D eigenvalue weighted by atomic mass is 10.1. The number of methoxy groups -OCH3 is 1. The zero-order valence-electron chi connectivity index (χ0n) is 9.92. The molecule has 0 atom stereocenters. The molecule has 0 amide bonds. The van der Waals surface area contributed by atoms with E-state index in [1.807, 2.05) is 13.0 Å². The summed E-state index contributed by atoms with van der Waals surface area (Å²) in [6, 6.07) is 8.30. The van der Waals surface area contributed by atoms with Gasteiger partial charge in [0, 0.05) is 13.0 Å². The molecule has 3 heteroatoms. The summed E-state index contributed by atoms with van der Waals surface area (Å²) < 4.78 is 5.20. The Balaban J connectivity index is 2.38. The molecule has 3 nitrogen and oxygen atoms in total. The molecule has 0 radical (unpaired) electrons. The fourth-order valence-electron chi connectivity index (χ4n) is 1.58. The first-order chi connectivity index (χ1) is 7.77. The number of unbranched alkanes of at least 4 members (excludes halogenated alkanes) is 1. The first-order valence-corrected chi connectivity index (χ1v) is 5.49. The normalized spacial score (nSPS) is 9.81. The average Bonchev–Trinajstić information content (AvgIpc) is 2.29. The van der Waals surface area contributed by atoms with Crippen LogP contribution in [0.2, 0.25) is 0 Å². The molecule has 0 aromatic heterocycles. The second-order valence-corrected chi connectivity index (χ2v) is 3.74. The van der Waals surface area contributed by atoms with Gasteiger partial charge in [-0.25, -0.2) is 0 Å². The lowest BCUT2D eigenvalue weighted by Gasteiger charge is -2.08. The Bertz CT molecular complexity index is 369. The highest BCUT2D eigenvalue weighted by atomic mass is 16.5. The van der Waals surface area contributed by atoms with Gasteiger partial charge in [-0.3, -0.25) is 0 Å². The first kappa shape index (κ1) is 12.5. The quantitative estimate of drug-likeness (QED) is 0.746. The smallest absolute Gasteiger partial charge is 0.121 e. The van der Waals surface area contributed by atoms with E-state index in [4.69, 9.17) is 10.00 Å². The number of nitrogens with zero attached hydrogens (tertiary/aromatic N) is 1. The van der Waals surface area contributed by atoms with Gasteiger partial charge in [0.2, 0.25) is 0 Å². The fourth-order valence-corrected chi connectivity index (χ4v) is 1.58. The van der Waals surface area contributed by atoms with Crippen LogP contribution in [0, 0.1) is 18.3 Å². The van der Waals surface area contributed by atoms with E-state index in [9.17, 15) is 0 Å². The largest absolute Gasteiger partial charge is 0.496 e. The molecule has 0 aliphatic heterocycles. The van der Waals surface area contributed by atoms with Crippen LogP contribution in [0.5, 0.6) is 5.75 Å². The predicted octanol–water partition coefficient (Wildman–Crippen LogP) is 2.40. The number of benzene rings is 1. The molecular formula is C13H18N2O. The first-order valence-electron chi connectivity index (χ1n) is 5.49. The third kappa shape index (κ3) is 3.92. The number of ether oxygens (including phenoxy) is 1. The van der Waals surface area contributed by atoms with Gasteiger partial charge >= 0.3 is 0 Å². The van der Waals surface area contributed by atoms with Crippen molar-refractivity contribution < 1.29 is 4.74 Å². The van der Waals surface area contributed by atoms with Crippen molar-refractivity contribution in [2.45, 2.75) is 26.3 Å². The average molecular weight is 218 g/mol. The van der Waals surface area contributed by atoms with Gasteiger partial charge < -0.3 is 10.1 Å². The summed E-state index contributed by atoms with van der Waals surface area (Å²) in [4.78, 5) is 0. The summed E-state index contributed by atoms with van der Waals surface area (Å²) in [6.45, 7) is 3.77. The Morgan fingerprint density at radius 1 is 1.44 bits per heavy atom. The van der Waals surface area contributed by atoms with Crippen molar-refractivity contribution in [3.8, 4) is 11.8 Å². The third-order valence-corrected chi connectivity index (χ3v) is 2.43. The second kappa shape index (κ2) is 6.86. The van der Waals surface area contributed by atoms with Crippen LogP contribution < -0.4 is 10.1 Å². The molecule has 1 aromatic rings. The van der Waals surface area contributed by atoms with Crippen LogP contribution in [0.25, 0.3) is 0 Å². The van der Waals surface area contributed by atoms with Gasteiger partial charge in [-0.1, -0.05) is 12.1 Å². The van der Waals surface area contributed by atoms with E-state index in [0.717, 1.165) is 30.8 Å². The maximum atomic E-state index is 8.39. The minimum Gasteiger partial charge on any atom is -0.496 e. The van der Waals surface area contributed by atoms with Crippen LogP contribution in [0.4, 0.5) is 0 Å². The lowest BCUT2D eigenvalue weighted by Crippen LogP contribution is -2.14. The molecule has 0 aliphatic carbocycles. The van der Waals surface area contributed by atoms with Crippen molar-refractivity contribution >= 4 is 0 Å². The molecule has 0 fully saturated rings. The maximum Gasteiger partial charge on any atom is 0.121 e. The Kier molecular flexibility index (Phi) is 5.38. The number of aryl methyl sites for hydroxylation is 1. The minimum atomic E-state index is 0.620. The van der Waals surface area contributed by atoms with Crippen LogP contribution >= 0.6 is 0 Å². The van der Waals surface area contributed by atoms with E-state index in [1.165, 1.54) is 5.56 Å². The summed E-state index contributed by atoms with van der Waals surface area (Å²) in [6.07, 6.45) is 1.53. The topological polar surface area (TPSA) is 45.0 Å². The number of hydrogen-bond donors (Lipinski definition) is 1. The standard InChI is InChI=1S/C13H18N2O/c1-11-9-12(5-6-13(11)16-2)10-15-8-4-3-7-14/h5-6,9,15H,3-4,8,10H2,1-2H3. The summed E-state index contributed by atoms with van der Waals surface area (Å²) >= 11 is 0. The van der Waals surface area contributed by atoms with Gasteiger partial charge in [0.25, 0.3) is 0 Å². The van der Waals surface area contributed by atoms with E-state index in [2.05, 4.69) is 23.5 Å². The van der Waals surface area contributed by atoms with Crippen molar-refractivity contribution in [3.05, 3.63) is 29.3 Å². The summed E-state index contributed by atoms with van der Waals surface area (Å²) in [5, 5.41) is 11.7. The van der Waals surface area contributed by atoms with Crippen LogP contribution in [0.15, 0.2) is 18.2 Å². The molecule has 16 heavy (non-hydrogen) atoms. The predicted molar refractivity (Wildman–Crippen MR) is 64.3 cm³/mol. The number of nitriles is 1. The van der Waals surface area contributed by atoms with E-state index in [0.29, 0.717) is 6.42 Å². The molecule has 1 rings (SSSR count). The van der Waals surface area contributed by atoms with Gasteiger partial charge in [-0.15, -0.1) is 0 Å². The minimum absolute atomic E-state index is 0.620. The highest BCUT2D eigenvalue weighted by Gasteiger charge is 1.99. The van der Waals surface area contributed by atoms with E-state index in [1.54, 1.807) is 7.11 Å². The van der Waals surface area contributed by atoms with Crippen molar-refractivity contribution in [1.82, 2.24) is 5.32 Å². The second-order valence-electron chi connectivity index (χ2n) is 3.74. The van der Waals surface area contributed by atoms with Crippen LogP contribution in [-0.2, 0) is 6.54 Å². The van der Waals surface area contributed by atoms with Gasteiger partial charge in [0.1, 0.15) is 5.75 Å². The van der Waals surface area contributed by atoms with Gasteiger partial charge in [0.05, 0.1) is 13.2 Å². The highest BCUT2D eigenvalue weighted by Crippen LogP contribution is 2.18. The number of nitrogens with one attached hydrogen (secondary N) is 1. The summed E-state index contributed by atoms with van der Waals surface area (Å²) in [7, 11) is 1.68. The van der Waals surface area contributed by atoms with Gasteiger partial charge in [-0.2, -0.15) is 5.26 Å². The molecule has 0 saturated carbocycles. The van der Waals surface area contributed by atoms with Crippen molar-refractivity contribution in [3.63, 3.8) is 0 Å². The zero-order valence-corrected chi connectivity index (χ0v) is 9.92. The zero-order chi connectivity index (χ0) is 11.8. The van der Waals surface area contributed by atoms with Crippen molar-refractivity contribution in [1.29, 1.82) is 5.26 Å². The Morgan fingerprint density at radius 3 is 2.88 bits per heavy atom. The van der Waals surface area contributed by atoms with E-state index < -0.39 is 0 Å². The Hall–Kier alpha value is -1.53. The van der Waals surface area contributed by atoms with Crippen molar-refractivity contribution in [2.24, 2.45) is 0 Å². The SMILES string of the molecule is COc1ccc(CNCCCC#N)cc1C. The monoisotopic (exact) mass is 218 g/mol. The van der Waals surface area contributed by atoms with Crippen LogP contribution in [0.3, 0.4) is 0 Å². The molecule has 0 saturated heterocycles. The molecule has 0 bridgehead atoms. The molecule has 0 heterocycles. The highest BCUT2D eigenvalue weighted by molar-refractivity contribution is 5.36. The van der Waals surface area contributed by atoms with Crippen molar-refractivity contribution in [2.75, 3.05) is 13.7 Å². The van der Waals surface area contributed by atoms with Crippen LogP contribution in [-0.4, -0.2) is 13.7 Å². The molecule has 86 valence electrons. The molecule has 1 aromatic carbocycles. The summed E-state index contributed by atoms with van der Waals surface area (Å²) in [5.41, 5.74) is 2.40. The molecular weight excluding hydrogens is 200 g/mol. The fraction of sp³-hybridized carbons (Fsp3) is 0.462. The molecule has 0 aliphatic rings. The van der Waals surface area contributed by atoms with E-state index >= 15 is 0 Å². The maximum absolute atomic E-state index is 8.39. The van der Waals surface area contributed by atoms with Gasteiger partial charge in [0.15, 0.2) is 0 Å². The lowest BCUT2D eigenvalue weighted by molar-refractivity contribution is 0.411. The Morgan fingerprint density at radius 2 is 2.25 bits per heavy atom.